The van der Waals surface area contributed by atoms with Gasteiger partial charge in [-0.2, -0.15) is 0 Å². The summed E-state index contributed by atoms with van der Waals surface area (Å²) < 4.78 is 0. The van der Waals surface area contributed by atoms with Crippen LogP contribution in [-0.4, -0.2) is 0 Å². The number of hydrogen-bond donors (Lipinski definition) is 1. The lowest BCUT2D eigenvalue weighted by Gasteiger charge is -2.25. The fraction of sp³-hybridized carbons (Fsp3) is 0.357. The third-order valence-electron chi connectivity index (χ3n) is 6.80. The maximum atomic E-state index is 4.40. The number of thiol groups is 1. The highest BCUT2D eigenvalue weighted by Gasteiger charge is 2.22. The van der Waals surface area contributed by atoms with Crippen LogP contribution in [0.4, 0.5) is 0 Å². The van der Waals surface area contributed by atoms with Gasteiger partial charge in [0.15, 0.2) is 0 Å². The van der Waals surface area contributed by atoms with E-state index in [-0.39, 0.29) is 0 Å². The highest BCUT2D eigenvalue weighted by molar-refractivity contribution is 8.76. The molecule has 0 unspecified atom stereocenters. The fourth-order valence-electron chi connectivity index (χ4n) is 4.84. The molecule has 0 bridgehead atoms. The summed E-state index contributed by atoms with van der Waals surface area (Å²) in [6.07, 6.45) is 1.06. The van der Waals surface area contributed by atoms with Crippen molar-refractivity contribution in [3.63, 3.8) is 0 Å². The molecule has 0 atom stereocenters. The molecule has 0 aliphatic carbocycles. The first-order valence-electron chi connectivity index (χ1n) is 11.8. The van der Waals surface area contributed by atoms with Crippen LogP contribution in [0, 0.1) is 0 Å². The number of rotatable bonds is 6. The summed E-state index contributed by atoms with van der Waals surface area (Å²) in [4.78, 5) is 0. The van der Waals surface area contributed by atoms with Gasteiger partial charge in [-0.25, -0.2) is 0 Å². The van der Waals surface area contributed by atoms with E-state index in [1.165, 1.54) is 55.6 Å². The summed E-state index contributed by atoms with van der Waals surface area (Å²) in [7, 11) is 9.60. The van der Waals surface area contributed by atoms with E-state index >= 15 is 0 Å². The first-order chi connectivity index (χ1) is 16.6. The molecule has 0 N–H and O–H groups in total. The molecule has 34 heavy (non-hydrogen) atoms. The molecule has 3 aromatic rings. The normalized spacial score (nSPS) is 15.3. The summed E-state index contributed by atoms with van der Waals surface area (Å²) in [6, 6.07) is 17.1. The zero-order valence-electron chi connectivity index (χ0n) is 19.8. The van der Waals surface area contributed by atoms with Crippen LogP contribution in [-0.2, 0) is 35.2 Å². The van der Waals surface area contributed by atoms with Crippen LogP contribution in [0.15, 0.2) is 42.5 Å². The molecule has 2 heterocycles. The lowest BCUT2D eigenvalue weighted by atomic mass is 9.86. The highest BCUT2D eigenvalue weighted by Crippen LogP contribution is 2.47. The molecule has 0 aromatic heterocycles. The Morgan fingerprint density at radius 1 is 0.765 bits per heavy atom. The van der Waals surface area contributed by atoms with E-state index in [1.54, 1.807) is 16.4 Å². The number of benzene rings is 3. The molecule has 0 saturated heterocycles. The molecule has 0 fully saturated rings. The second-order valence-corrected chi connectivity index (χ2v) is 15.4. The molecule has 0 nitrogen and oxygen atoms in total. The number of hydrogen-bond acceptors (Lipinski definition) is 6. The van der Waals surface area contributed by atoms with Crippen LogP contribution in [0.3, 0.4) is 0 Å². The van der Waals surface area contributed by atoms with Gasteiger partial charge in [0.25, 0.3) is 0 Å². The largest absolute Gasteiger partial charge is 0.111 e. The Balaban J connectivity index is 1.70. The Kier molecular flexibility index (Phi) is 8.55. The van der Waals surface area contributed by atoms with Crippen molar-refractivity contribution in [1.29, 1.82) is 0 Å². The average Bonchev–Trinajstić information content (AvgIpc) is 2.87. The first-order valence-corrected chi connectivity index (χ1v) is 18.8. The van der Waals surface area contributed by atoms with E-state index in [1.807, 2.05) is 43.2 Å². The Morgan fingerprint density at radius 3 is 2.06 bits per heavy atom. The number of fused-ring (bicyclic) bond motifs is 2. The van der Waals surface area contributed by atoms with Crippen molar-refractivity contribution in [1.82, 2.24) is 0 Å². The minimum atomic E-state index is 0.539. The van der Waals surface area contributed by atoms with E-state index in [0.717, 1.165) is 35.2 Å². The van der Waals surface area contributed by atoms with Crippen molar-refractivity contribution in [3.05, 3.63) is 81.4 Å². The molecule has 3 aromatic carbocycles. The third-order valence-corrected chi connectivity index (χ3v) is 12.1. The van der Waals surface area contributed by atoms with Crippen molar-refractivity contribution in [3.8, 4) is 22.3 Å². The van der Waals surface area contributed by atoms with Gasteiger partial charge in [-0.3, -0.25) is 0 Å². The van der Waals surface area contributed by atoms with Gasteiger partial charge in [-0.15, -0.1) is 11.7 Å². The van der Waals surface area contributed by atoms with Crippen molar-refractivity contribution in [2.24, 2.45) is 0 Å². The summed E-state index contributed by atoms with van der Waals surface area (Å²) in [5.41, 5.74) is 16.1. The molecule has 0 amide bonds. The molecule has 178 valence electrons. The summed E-state index contributed by atoms with van der Waals surface area (Å²) in [6.45, 7) is 6.90. The van der Waals surface area contributed by atoms with Gasteiger partial charge in [-0.05, 0) is 85.7 Å². The molecule has 0 radical (unpaired) electrons. The van der Waals surface area contributed by atoms with E-state index in [0.29, 0.717) is 5.92 Å². The van der Waals surface area contributed by atoms with Crippen LogP contribution in [0.1, 0.15) is 65.6 Å². The van der Waals surface area contributed by atoms with E-state index in [4.69, 9.17) is 0 Å². The van der Waals surface area contributed by atoms with Gasteiger partial charge in [0.2, 0.25) is 0 Å². The van der Waals surface area contributed by atoms with E-state index in [2.05, 4.69) is 74.9 Å². The molecule has 2 aliphatic heterocycles. The Labute approximate surface area is 229 Å². The van der Waals surface area contributed by atoms with Crippen LogP contribution >= 0.6 is 65.6 Å². The van der Waals surface area contributed by atoms with Crippen LogP contribution in [0.5, 0.6) is 0 Å². The Morgan fingerprint density at radius 2 is 1.41 bits per heavy atom. The number of aryl methyl sites for hydroxylation is 1. The van der Waals surface area contributed by atoms with Gasteiger partial charge in [-0.1, -0.05) is 105 Å². The van der Waals surface area contributed by atoms with Gasteiger partial charge in [0, 0.05) is 28.8 Å². The summed E-state index contributed by atoms with van der Waals surface area (Å²) >= 11 is 4.40. The third kappa shape index (κ3) is 5.24. The van der Waals surface area contributed by atoms with Crippen LogP contribution < -0.4 is 0 Å². The molecule has 0 spiro atoms. The van der Waals surface area contributed by atoms with Gasteiger partial charge in [0.05, 0.1) is 0 Å². The Hall–Kier alpha value is -0.240. The van der Waals surface area contributed by atoms with E-state index < -0.39 is 0 Å². The topological polar surface area (TPSA) is 0 Å². The zero-order valence-corrected chi connectivity index (χ0v) is 24.8. The van der Waals surface area contributed by atoms with Gasteiger partial charge in [0.1, 0.15) is 0 Å². The zero-order chi connectivity index (χ0) is 23.7. The molecule has 2 aliphatic rings. The molecule has 0 saturated carbocycles. The van der Waals surface area contributed by atoms with Crippen molar-refractivity contribution in [2.45, 2.75) is 61.9 Å². The molecule has 5 rings (SSSR count). The second-order valence-electron chi connectivity index (χ2n) is 9.18. The summed E-state index contributed by atoms with van der Waals surface area (Å²) in [5, 5.41) is 0. The average molecular weight is 559 g/mol. The van der Waals surface area contributed by atoms with Crippen LogP contribution in [0.2, 0.25) is 0 Å². The molecular formula is C28H30S6. The van der Waals surface area contributed by atoms with Crippen molar-refractivity contribution >= 4 is 65.6 Å². The minimum absolute atomic E-state index is 0.539. The SMILES string of the molecule is CCc1cc(-c2cc(-c3cc(C(C)C)cc4c3CSSC4)cc3c2CSSC3)ccc1CSS. The quantitative estimate of drug-likeness (QED) is 0.235. The van der Waals surface area contributed by atoms with Crippen molar-refractivity contribution < 1.29 is 0 Å². The molecular weight excluding hydrogens is 529 g/mol. The predicted molar refractivity (Wildman–Crippen MR) is 166 cm³/mol. The van der Waals surface area contributed by atoms with E-state index in [9.17, 15) is 0 Å². The summed E-state index contributed by atoms with van der Waals surface area (Å²) in [5.74, 6) is 5.88. The van der Waals surface area contributed by atoms with Crippen molar-refractivity contribution in [2.75, 3.05) is 0 Å². The fourth-order valence-corrected chi connectivity index (χ4v) is 10.2. The Bertz CT molecular complexity index is 1200. The lowest BCUT2D eigenvalue weighted by Crippen LogP contribution is -2.04. The maximum Gasteiger partial charge on any atom is 0.0298 e. The minimum Gasteiger partial charge on any atom is -0.111 e. The highest BCUT2D eigenvalue weighted by atomic mass is 33.1. The molecule has 6 heteroatoms. The monoisotopic (exact) mass is 558 g/mol. The standard InChI is InChI=1S/C28H30S6/c1-4-18-7-19(5-6-20(18)12-30-29)25-11-22(9-24-14-32-33-15-27(24)25)26-10-21(17(2)3)8-23-13-31-34-16-28(23)26/h5-11,17,29H,4,12-16H2,1-3H3. The predicted octanol–water partition coefficient (Wildman–Crippen LogP) is 10.6. The first kappa shape index (κ1) is 25.4. The second kappa shape index (κ2) is 11.4. The maximum absolute atomic E-state index is 4.40. The van der Waals surface area contributed by atoms with Gasteiger partial charge < -0.3 is 0 Å². The van der Waals surface area contributed by atoms with Crippen LogP contribution in [0.25, 0.3) is 22.3 Å². The smallest absolute Gasteiger partial charge is 0.0298 e. The lowest BCUT2D eigenvalue weighted by molar-refractivity contribution is 0.864. The van der Waals surface area contributed by atoms with Gasteiger partial charge >= 0.3 is 0 Å².